The number of halogens is 1. The number of aromatic nitrogens is 1. The van der Waals surface area contributed by atoms with Crippen LogP contribution in [0.15, 0.2) is 29.8 Å². The van der Waals surface area contributed by atoms with Crippen LogP contribution in [-0.2, 0) is 0 Å². The summed E-state index contributed by atoms with van der Waals surface area (Å²) in [4.78, 5) is 19.3. The van der Waals surface area contributed by atoms with Crippen molar-refractivity contribution in [3.63, 3.8) is 0 Å². The van der Waals surface area contributed by atoms with E-state index in [0.29, 0.717) is 12.4 Å². The zero-order valence-electron chi connectivity index (χ0n) is 12.3. The number of carbonyl (C=O) groups excluding carboxylic acids is 1. The summed E-state index contributed by atoms with van der Waals surface area (Å²) in [5.41, 5.74) is 0.253. The third-order valence-electron chi connectivity index (χ3n) is 3.29. The maximum Gasteiger partial charge on any atom is 0.257 e. The van der Waals surface area contributed by atoms with Crippen molar-refractivity contribution in [2.24, 2.45) is 0 Å². The maximum atomic E-state index is 13.4. The molecule has 0 bridgehead atoms. The van der Waals surface area contributed by atoms with Gasteiger partial charge in [0.25, 0.3) is 5.91 Å². The summed E-state index contributed by atoms with van der Waals surface area (Å²) in [5, 5.41) is 4.96. The molecule has 0 aliphatic heterocycles. The molecule has 1 amide bonds. The van der Waals surface area contributed by atoms with Gasteiger partial charge in [-0.1, -0.05) is 6.07 Å². The number of pyridine rings is 1. The molecule has 0 aliphatic rings. The molecule has 1 atom stereocenters. The molecule has 4 nitrogen and oxygen atoms in total. The van der Waals surface area contributed by atoms with Gasteiger partial charge in [-0.15, -0.1) is 11.3 Å². The Hall–Kier alpha value is -1.95. The van der Waals surface area contributed by atoms with Gasteiger partial charge in [0.05, 0.1) is 17.8 Å². The van der Waals surface area contributed by atoms with Gasteiger partial charge >= 0.3 is 0 Å². The highest BCUT2D eigenvalue weighted by molar-refractivity contribution is 7.10. The van der Waals surface area contributed by atoms with Crippen LogP contribution in [0.2, 0.25) is 0 Å². The van der Waals surface area contributed by atoms with Crippen LogP contribution >= 0.6 is 11.3 Å². The molecule has 0 aromatic carbocycles. The van der Waals surface area contributed by atoms with Crippen LogP contribution in [0.4, 0.5) is 10.2 Å². The van der Waals surface area contributed by atoms with E-state index >= 15 is 0 Å². The normalized spacial score (nSPS) is 12.0. The highest BCUT2D eigenvalue weighted by atomic mass is 32.1. The van der Waals surface area contributed by atoms with Crippen molar-refractivity contribution < 1.29 is 9.18 Å². The first-order valence-electron chi connectivity index (χ1n) is 6.74. The summed E-state index contributed by atoms with van der Waals surface area (Å²) >= 11 is 1.59. The number of carbonyl (C=O) groups is 1. The Kier molecular flexibility index (Phi) is 4.90. The molecule has 0 saturated carbocycles. The third kappa shape index (κ3) is 3.39. The average Bonchev–Trinajstić information content (AvgIpc) is 3.01. The van der Waals surface area contributed by atoms with Gasteiger partial charge in [-0.25, -0.2) is 9.37 Å². The second-order valence-corrected chi connectivity index (χ2v) is 5.67. The molecule has 0 fully saturated rings. The van der Waals surface area contributed by atoms with Gasteiger partial charge < -0.3 is 10.2 Å². The molecule has 6 heteroatoms. The molecule has 0 spiro atoms. The smallest absolute Gasteiger partial charge is 0.257 e. The van der Waals surface area contributed by atoms with E-state index < -0.39 is 5.82 Å². The lowest BCUT2D eigenvalue weighted by molar-refractivity contribution is 0.0745. The van der Waals surface area contributed by atoms with Crippen molar-refractivity contribution in [1.29, 1.82) is 0 Å². The topological polar surface area (TPSA) is 45.2 Å². The zero-order chi connectivity index (χ0) is 15.4. The molecular weight excluding hydrogens is 289 g/mol. The standard InChI is InChI=1S/C15H18FN3OS/c1-4-17-14-12(8-11(16)9-18-14)15(20)19(3)10(2)13-6-5-7-21-13/h5-10H,4H2,1-3H3,(H,17,18). The fourth-order valence-corrected chi connectivity index (χ4v) is 2.82. The van der Waals surface area contributed by atoms with Gasteiger partial charge in [0.15, 0.2) is 0 Å². The maximum absolute atomic E-state index is 13.4. The van der Waals surface area contributed by atoms with Crippen LogP contribution in [0, 0.1) is 5.82 Å². The first-order chi connectivity index (χ1) is 10.0. The van der Waals surface area contributed by atoms with Gasteiger partial charge in [-0.3, -0.25) is 4.79 Å². The first kappa shape index (κ1) is 15.4. The largest absolute Gasteiger partial charge is 0.370 e. The summed E-state index contributed by atoms with van der Waals surface area (Å²) in [5.74, 6) is -0.356. The minimum atomic E-state index is -0.517. The van der Waals surface area contributed by atoms with Crippen molar-refractivity contribution in [3.05, 3.63) is 46.0 Å². The summed E-state index contributed by atoms with van der Waals surface area (Å²) in [6, 6.07) is 5.08. The molecule has 112 valence electrons. The lowest BCUT2D eigenvalue weighted by Gasteiger charge is -2.25. The Morgan fingerprint density at radius 3 is 2.95 bits per heavy atom. The lowest BCUT2D eigenvalue weighted by Crippen LogP contribution is -2.30. The minimum Gasteiger partial charge on any atom is -0.370 e. The van der Waals surface area contributed by atoms with E-state index in [1.807, 2.05) is 31.4 Å². The second-order valence-electron chi connectivity index (χ2n) is 4.69. The molecule has 2 rings (SSSR count). The van der Waals surface area contributed by atoms with E-state index in [1.54, 1.807) is 23.3 Å². The van der Waals surface area contributed by atoms with E-state index in [-0.39, 0.29) is 17.5 Å². The number of rotatable bonds is 5. The van der Waals surface area contributed by atoms with Crippen molar-refractivity contribution in [3.8, 4) is 0 Å². The molecule has 2 aromatic heterocycles. The fourth-order valence-electron chi connectivity index (χ4n) is 2.00. The molecule has 0 aliphatic carbocycles. The molecule has 0 radical (unpaired) electrons. The van der Waals surface area contributed by atoms with Gasteiger partial charge in [-0.05, 0) is 31.4 Å². The summed E-state index contributed by atoms with van der Waals surface area (Å²) in [6.45, 7) is 4.46. The number of hydrogen-bond donors (Lipinski definition) is 1. The lowest BCUT2D eigenvalue weighted by atomic mass is 10.1. The number of amides is 1. The van der Waals surface area contributed by atoms with Gasteiger partial charge in [0.2, 0.25) is 0 Å². The Morgan fingerprint density at radius 2 is 2.33 bits per heavy atom. The molecular formula is C15H18FN3OS. The van der Waals surface area contributed by atoms with Crippen LogP contribution in [0.25, 0.3) is 0 Å². The SMILES string of the molecule is CCNc1ncc(F)cc1C(=O)N(C)C(C)c1cccs1. The quantitative estimate of drug-likeness (QED) is 0.919. The number of nitrogens with one attached hydrogen (secondary N) is 1. The van der Waals surface area contributed by atoms with E-state index in [2.05, 4.69) is 10.3 Å². The summed E-state index contributed by atoms with van der Waals surface area (Å²) in [6.07, 6.45) is 1.11. The molecule has 1 N–H and O–H groups in total. The zero-order valence-corrected chi connectivity index (χ0v) is 13.1. The predicted molar refractivity (Wildman–Crippen MR) is 83.2 cm³/mol. The highest BCUT2D eigenvalue weighted by Crippen LogP contribution is 2.26. The summed E-state index contributed by atoms with van der Waals surface area (Å²) in [7, 11) is 1.72. The predicted octanol–water partition coefficient (Wildman–Crippen LogP) is 3.55. The number of thiophene rings is 1. The van der Waals surface area contributed by atoms with Crippen molar-refractivity contribution in [1.82, 2.24) is 9.88 Å². The Labute approximate surface area is 127 Å². The van der Waals surface area contributed by atoms with Gasteiger partial charge in [-0.2, -0.15) is 0 Å². The number of nitrogens with zero attached hydrogens (tertiary/aromatic N) is 2. The Bertz CT molecular complexity index is 615. The van der Waals surface area contributed by atoms with Crippen LogP contribution in [0.1, 0.15) is 35.1 Å². The van der Waals surface area contributed by atoms with Crippen LogP contribution in [0.5, 0.6) is 0 Å². The molecule has 0 saturated heterocycles. The van der Waals surface area contributed by atoms with Crippen molar-refractivity contribution >= 4 is 23.1 Å². The van der Waals surface area contributed by atoms with Crippen LogP contribution < -0.4 is 5.32 Å². The number of hydrogen-bond acceptors (Lipinski definition) is 4. The van der Waals surface area contributed by atoms with E-state index in [4.69, 9.17) is 0 Å². The first-order valence-corrected chi connectivity index (χ1v) is 7.62. The number of anilines is 1. The summed E-state index contributed by atoms with van der Waals surface area (Å²) < 4.78 is 13.4. The van der Waals surface area contributed by atoms with E-state index in [0.717, 1.165) is 11.1 Å². The second kappa shape index (κ2) is 6.67. The van der Waals surface area contributed by atoms with Gasteiger partial charge in [0.1, 0.15) is 11.6 Å². The third-order valence-corrected chi connectivity index (χ3v) is 4.33. The Morgan fingerprint density at radius 1 is 1.57 bits per heavy atom. The molecule has 2 aromatic rings. The van der Waals surface area contributed by atoms with Crippen molar-refractivity contribution in [2.45, 2.75) is 19.9 Å². The van der Waals surface area contributed by atoms with Crippen LogP contribution in [0.3, 0.4) is 0 Å². The molecule has 1 unspecified atom stereocenters. The van der Waals surface area contributed by atoms with Crippen LogP contribution in [-0.4, -0.2) is 29.4 Å². The van der Waals surface area contributed by atoms with E-state index in [9.17, 15) is 9.18 Å². The van der Waals surface area contributed by atoms with E-state index in [1.165, 1.54) is 6.07 Å². The minimum absolute atomic E-state index is 0.0738. The molecule has 21 heavy (non-hydrogen) atoms. The average molecular weight is 307 g/mol. The molecule has 2 heterocycles. The highest BCUT2D eigenvalue weighted by Gasteiger charge is 2.23. The fraction of sp³-hybridized carbons (Fsp3) is 0.333. The van der Waals surface area contributed by atoms with Crippen molar-refractivity contribution in [2.75, 3.05) is 18.9 Å². The Balaban J connectivity index is 2.28. The van der Waals surface area contributed by atoms with Gasteiger partial charge in [0, 0.05) is 18.5 Å². The monoisotopic (exact) mass is 307 g/mol.